The Balaban J connectivity index is 1.44. The van der Waals surface area contributed by atoms with E-state index in [-0.39, 0.29) is 18.4 Å². The number of para-hydroxylation sites is 2. The Morgan fingerprint density at radius 1 is 0.765 bits per heavy atom. The molecule has 0 radical (unpaired) electrons. The number of nitrogens with one attached hydrogen (secondary N) is 2. The Bertz CT molecular complexity index is 1310. The molecule has 172 valence electrons. The first-order chi connectivity index (χ1) is 16.6. The second kappa shape index (κ2) is 10.4. The molecule has 0 bridgehead atoms. The van der Waals surface area contributed by atoms with Crippen LogP contribution in [0.15, 0.2) is 84.9 Å². The summed E-state index contributed by atoms with van der Waals surface area (Å²) in [6.45, 7) is -0.191. The van der Waals surface area contributed by atoms with Gasteiger partial charge in [-0.3, -0.25) is 9.59 Å². The summed E-state index contributed by atoms with van der Waals surface area (Å²) in [5.41, 5.74) is 0.982. The molecule has 0 saturated heterocycles. The topological polar surface area (TPSA) is 85.9 Å². The number of anilines is 1. The maximum atomic E-state index is 12.7. The van der Waals surface area contributed by atoms with Crippen LogP contribution in [0.5, 0.6) is 23.0 Å². The van der Waals surface area contributed by atoms with E-state index in [0.717, 1.165) is 10.8 Å². The summed E-state index contributed by atoms with van der Waals surface area (Å²) in [6.07, 6.45) is 0. The molecule has 4 aromatic rings. The largest absolute Gasteiger partial charge is 0.496 e. The van der Waals surface area contributed by atoms with Crippen LogP contribution < -0.4 is 24.8 Å². The van der Waals surface area contributed by atoms with Crippen LogP contribution in [0.4, 0.5) is 5.69 Å². The highest BCUT2D eigenvalue weighted by Gasteiger charge is 2.13. The summed E-state index contributed by atoms with van der Waals surface area (Å²) in [4.78, 5) is 25.3. The van der Waals surface area contributed by atoms with Crippen LogP contribution >= 0.6 is 0 Å². The van der Waals surface area contributed by atoms with Gasteiger partial charge < -0.3 is 24.8 Å². The SMILES string of the molecule is COc1cc(OC)cc(Oc2ccccc2NC(=O)CNC(=O)c2cccc3ccccc23)c1. The predicted octanol–water partition coefficient (Wildman–Crippen LogP) is 5.02. The van der Waals surface area contributed by atoms with Crippen molar-refractivity contribution in [1.82, 2.24) is 5.32 Å². The van der Waals surface area contributed by atoms with Crippen LogP contribution in [-0.2, 0) is 4.79 Å². The molecule has 0 atom stereocenters. The lowest BCUT2D eigenvalue weighted by Gasteiger charge is -2.14. The first kappa shape index (κ1) is 22.7. The predicted molar refractivity (Wildman–Crippen MR) is 131 cm³/mol. The van der Waals surface area contributed by atoms with Crippen molar-refractivity contribution in [1.29, 1.82) is 0 Å². The molecule has 0 saturated carbocycles. The molecule has 0 aromatic heterocycles. The van der Waals surface area contributed by atoms with E-state index in [1.807, 2.05) is 36.4 Å². The molecule has 7 nitrogen and oxygen atoms in total. The van der Waals surface area contributed by atoms with Gasteiger partial charge >= 0.3 is 0 Å². The van der Waals surface area contributed by atoms with Gasteiger partial charge in [0.1, 0.15) is 17.2 Å². The van der Waals surface area contributed by atoms with Crippen LogP contribution in [-0.4, -0.2) is 32.6 Å². The van der Waals surface area contributed by atoms with Gasteiger partial charge in [-0.25, -0.2) is 0 Å². The number of benzene rings is 4. The zero-order valence-corrected chi connectivity index (χ0v) is 18.8. The molecule has 34 heavy (non-hydrogen) atoms. The highest BCUT2D eigenvalue weighted by molar-refractivity contribution is 6.08. The zero-order valence-electron chi connectivity index (χ0n) is 18.8. The van der Waals surface area contributed by atoms with Gasteiger partial charge in [-0.2, -0.15) is 0 Å². The average Bonchev–Trinajstić information content (AvgIpc) is 2.87. The molecule has 7 heteroatoms. The summed E-state index contributed by atoms with van der Waals surface area (Å²) >= 11 is 0. The van der Waals surface area contributed by atoms with Crippen molar-refractivity contribution in [2.45, 2.75) is 0 Å². The van der Waals surface area contributed by atoms with E-state index in [1.54, 1.807) is 62.8 Å². The van der Waals surface area contributed by atoms with E-state index in [0.29, 0.717) is 34.2 Å². The number of rotatable bonds is 8. The Kier molecular flexibility index (Phi) is 6.93. The molecule has 0 aliphatic carbocycles. The molecule has 0 heterocycles. The third-order valence-corrected chi connectivity index (χ3v) is 5.16. The van der Waals surface area contributed by atoms with Gasteiger partial charge in [0.2, 0.25) is 5.91 Å². The number of ether oxygens (including phenoxy) is 3. The zero-order chi connectivity index (χ0) is 23.9. The minimum absolute atomic E-state index is 0.191. The van der Waals surface area contributed by atoms with Crippen molar-refractivity contribution >= 4 is 28.3 Å². The molecular formula is C27H24N2O5. The summed E-state index contributed by atoms with van der Waals surface area (Å²) < 4.78 is 16.5. The van der Waals surface area contributed by atoms with Gasteiger partial charge in [-0.1, -0.05) is 48.5 Å². The van der Waals surface area contributed by atoms with E-state index in [4.69, 9.17) is 14.2 Å². The molecular weight excluding hydrogens is 432 g/mol. The monoisotopic (exact) mass is 456 g/mol. The lowest BCUT2D eigenvalue weighted by molar-refractivity contribution is -0.115. The highest BCUT2D eigenvalue weighted by atomic mass is 16.5. The first-order valence-electron chi connectivity index (χ1n) is 10.6. The molecule has 0 spiro atoms. The molecule has 0 unspecified atom stereocenters. The molecule has 0 aliphatic rings. The van der Waals surface area contributed by atoms with Crippen molar-refractivity contribution in [3.63, 3.8) is 0 Å². The van der Waals surface area contributed by atoms with Crippen LogP contribution in [0.1, 0.15) is 10.4 Å². The van der Waals surface area contributed by atoms with Gasteiger partial charge in [0.05, 0.1) is 26.5 Å². The van der Waals surface area contributed by atoms with Crippen molar-refractivity contribution in [3.8, 4) is 23.0 Å². The fourth-order valence-corrected chi connectivity index (χ4v) is 3.50. The minimum atomic E-state index is -0.382. The number of hydrogen-bond acceptors (Lipinski definition) is 5. The van der Waals surface area contributed by atoms with Crippen LogP contribution in [0.2, 0.25) is 0 Å². The Morgan fingerprint density at radius 3 is 2.18 bits per heavy atom. The maximum absolute atomic E-state index is 12.7. The molecule has 0 aliphatic heterocycles. The summed E-state index contributed by atoms with van der Waals surface area (Å²) in [5, 5.41) is 7.26. The number of carbonyl (C=O) groups excluding carboxylic acids is 2. The lowest BCUT2D eigenvalue weighted by Crippen LogP contribution is -2.33. The Labute approximate surface area is 197 Å². The van der Waals surface area contributed by atoms with Gasteiger partial charge in [0.15, 0.2) is 5.75 Å². The second-order valence-corrected chi connectivity index (χ2v) is 7.40. The molecule has 4 rings (SSSR count). The number of fused-ring (bicyclic) bond motifs is 1. The normalized spacial score (nSPS) is 10.4. The van der Waals surface area contributed by atoms with Crippen LogP contribution in [0.3, 0.4) is 0 Å². The van der Waals surface area contributed by atoms with E-state index < -0.39 is 0 Å². The van der Waals surface area contributed by atoms with Crippen LogP contribution in [0, 0.1) is 0 Å². The minimum Gasteiger partial charge on any atom is -0.496 e. The summed E-state index contributed by atoms with van der Waals surface area (Å²) in [7, 11) is 3.11. The first-order valence-corrected chi connectivity index (χ1v) is 10.6. The number of amides is 2. The molecule has 2 amide bonds. The third-order valence-electron chi connectivity index (χ3n) is 5.16. The fraction of sp³-hybridized carbons (Fsp3) is 0.111. The number of methoxy groups -OCH3 is 2. The fourth-order valence-electron chi connectivity index (χ4n) is 3.50. The maximum Gasteiger partial charge on any atom is 0.252 e. The number of hydrogen-bond donors (Lipinski definition) is 2. The van der Waals surface area contributed by atoms with Gasteiger partial charge in [0, 0.05) is 23.8 Å². The molecule has 0 fully saturated rings. The average molecular weight is 456 g/mol. The molecule has 2 N–H and O–H groups in total. The smallest absolute Gasteiger partial charge is 0.252 e. The quantitative estimate of drug-likeness (QED) is 0.389. The summed E-state index contributed by atoms with van der Waals surface area (Å²) in [6, 6.07) is 25.3. The van der Waals surface area contributed by atoms with Crippen molar-refractivity contribution < 1.29 is 23.8 Å². The van der Waals surface area contributed by atoms with E-state index in [9.17, 15) is 9.59 Å². The third kappa shape index (κ3) is 5.27. The van der Waals surface area contributed by atoms with Gasteiger partial charge in [-0.05, 0) is 29.0 Å². The lowest BCUT2D eigenvalue weighted by atomic mass is 10.0. The van der Waals surface area contributed by atoms with E-state index in [1.165, 1.54) is 0 Å². The van der Waals surface area contributed by atoms with Gasteiger partial charge in [-0.15, -0.1) is 0 Å². The Morgan fingerprint density at radius 2 is 1.41 bits per heavy atom. The van der Waals surface area contributed by atoms with Gasteiger partial charge in [0.25, 0.3) is 5.91 Å². The summed E-state index contributed by atoms with van der Waals surface area (Å²) in [5.74, 6) is 1.38. The Hall–Kier alpha value is -4.52. The standard InChI is InChI=1S/C27H24N2O5/c1-32-19-14-20(33-2)16-21(15-19)34-25-13-6-5-12-24(25)29-26(30)17-28-27(31)23-11-7-9-18-8-3-4-10-22(18)23/h3-16H,17H2,1-2H3,(H,28,31)(H,29,30). The second-order valence-electron chi connectivity index (χ2n) is 7.40. The molecule has 4 aromatic carbocycles. The van der Waals surface area contributed by atoms with Crippen LogP contribution in [0.25, 0.3) is 10.8 Å². The van der Waals surface area contributed by atoms with E-state index >= 15 is 0 Å². The van der Waals surface area contributed by atoms with Crippen molar-refractivity contribution in [3.05, 3.63) is 90.5 Å². The number of carbonyl (C=O) groups is 2. The highest BCUT2D eigenvalue weighted by Crippen LogP contribution is 2.34. The van der Waals surface area contributed by atoms with E-state index in [2.05, 4.69) is 10.6 Å². The van der Waals surface area contributed by atoms with Crippen molar-refractivity contribution in [2.75, 3.05) is 26.1 Å². The van der Waals surface area contributed by atoms with Crippen molar-refractivity contribution in [2.24, 2.45) is 0 Å².